The zero-order chi connectivity index (χ0) is 16.2. The van der Waals surface area contributed by atoms with E-state index in [1.807, 2.05) is 0 Å². The van der Waals surface area contributed by atoms with Gasteiger partial charge in [0.15, 0.2) is 0 Å². The third-order valence-electron chi connectivity index (χ3n) is 2.36. The lowest BCUT2D eigenvalue weighted by molar-refractivity contribution is -0.137. The van der Waals surface area contributed by atoms with Gasteiger partial charge >= 0.3 is 12.1 Å². The number of benzene rings is 1. The minimum atomic E-state index is -1.22. The number of carbonyl (C=O) groups excluding carboxylic acids is 1. The van der Waals surface area contributed by atoms with E-state index in [4.69, 9.17) is 9.84 Å². The Labute approximate surface area is 120 Å². The molecule has 0 saturated carbocycles. The van der Waals surface area contributed by atoms with E-state index in [0.717, 1.165) is 12.1 Å². The van der Waals surface area contributed by atoms with Crippen LogP contribution in [-0.4, -0.2) is 22.8 Å². The highest BCUT2D eigenvalue weighted by Gasteiger charge is 2.23. The van der Waals surface area contributed by atoms with Gasteiger partial charge in [-0.25, -0.2) is 13.6 Å². The molecule has 0 fully saturated rings. The molecule has 1 aromatic carbocycles. The van der Waals surface area contributed by atoms with Gasteiger partial charge in [-0.3, -0.25) is 4.79 Å². The number of carboxylic acids is 1. The Hall–Kier alpha value is -2.18. The number of hydrogen-bond acceptors (Lipinski definition) is 3. The lowest BCUT2D eigenvalue weighted by Crippen LogP contribution is -2.35. The summed E-state index contributed by atoms with van der Waals surface area (Å²) in [5.41, 5.74) is -0.758. The van der Waals surface area contributed by atoms with E-state index in [1.54, 1.807) is 20.8 Å². The number of carbonyl (C=O) groups is 2. The third-order valence-corrected chi connectivity index (χ3v) is 2.36. The van der Waals surface area contributed by atoms with E-state index in [0.29, 0.717) is 6.07 Å². The lowest BCUT2D eigenvalue weighted by atomic mass is 10.0. The Morgan fingerprint density at radius 3 is 2.19 bits per heavy atom. The first-order valence-electron chi connectivity index (χ1n) is 6.24. The fraction of sp³-hybridized carbons (Fsp3) is 0.429. The van der Waals surface area contributed by atoms with Crippen molar-refractivity contribution in [1.82, 2.24) is 5.32 Å². The van der Waals surface area contributed by atoms with Gasteiger partial charge in [0.25, 0.3) is 0 Å². The number of ether oxygens (including phenoxy) is 1. The Morgan fingerprint density at radius 1 is 1.24 bits per heavy atom. The molecule has 2 N–H and O–H groups in total. The quantitative estimate of drug-likeness (QED) is 0.896. The predicted octanol–water partition coefficient (Wildman–Crippen LogP) is 3.01. The number of aliphatic carboxylic acids is 1. The number of halogens is 2. The molecular weight excluding hydrogens is 284 g/mol. The molecule has 1 rings (SSSR count). The van der Waals surface area contributed by atoms with E-state index in [2.05, 4.69) is 5.32 Å². The average molecular weight is 301 g/mol. The second-order valence-corrected chi connectivity index (χ2v) is 5.50. The molecule has 21 heavy (non-hydrogen) atoms. The fourth-order valence-corrected chi connectivity index (χ4v) is 1.65. The highest BCUT2D eigenvalue weighted by Crippen LogP contribution is 2.20. The highest BCUT2D eigenvalue weighted by atomic mass is 19.1. The van der Waals surface area contributed by atoms with Crippen molar-refractivity contribution in [3.8, 4) is 0 Å². The van der Waals surface area contributed by atoms with Crippen LogP contribution in [0.2, 0.25) is 0 Å². The topological polar surface area (TPSA) is 75.6 Å². The van der Waals surface area contributed by atoms with Crippen molar-refractivity contribution < 1.29 is 28.2 Å². The Kier molecular flexibility index (Phi) is 5.23. The predicted molar refractivity (Wildman–Crippen MR) is 70.7 cm³/mol. The monoisotopic (exact) mass is 301 g/mol. The smallest absolute Gasteiger partial charge is 0.408 e. The van der Waals surface area contributed by atoms with E-state index < -0.39 is 41.8 Å². The molecular formula is C14H17F2NO4. The minimum absolute atomic E-state index is 0.0146. The van der Waals surface area contributed by atoms with Gasteiger partial charge in [0.2, 0.25) is 0 Å². The van der Waals surface area contributed by atoms with Crippen LogP contribution < -0.4 is 5.32 Å². The van der Waals surface area contributed by atoms with Gasteiger partial charge in [0.1, 0.15) is 17.2 Å². The number of amides is 1. The van der Waals surface area contributed by atoms with Crippen molar-refractivity contribution >= 4 is 12.1 Å². The number of carboxylic acid groups (broad SMARTS) is 1. The molecule has 0 spiro atoms. The van der Waals surface area contributed by atoms with E-state index >= 15 is 0 Å². The van der Waals surface area contributed by atoms with Gasteiger partial charge in [-0.15, -0.1) is 0 Å². The van der Waals surface area contributed by atoms with Crippen LogP contribution in [0.1, 0.15) is 38.8 Å². The molecule has 1 atom stereocenters. The summed E-state index contributed by atoms with van der Waals surface area (Å²) in [7, 11) is 0. The van der Waals surface area contributed by atoms with Gasteiger partial charge in [-0.2, -0.15) is 0 Å². The Balaban J connectivity index is 2.95. The summed E-state index contributed by atoms with van der Waals surface area (Å²) in [6.07, 6.45) is -1.39. The van der Waals surface area contributed by atoms with E-state index in [1.165, 1.54) is 0 Å². The molecule has 116 valence electrons. The van der Waals surface area contributed by atoms with Crippen molar-refractivity contribution in [3.63, 3.8) is 0 Å². The first kappa shape index (κ1) is 16.9. The molecule has 0 aliphatic rings. The first-order valence-corrected chi connectivity index (χ1v) is 6.24. The summed E-state index contributed by atoms with van der Waals surface area (Å²) in [5, 5.41) is 11.1. The normalized spacial score (nSPS) is 12.6. The van der Waals surface area contributed by atoms with Crippen molar-refractivity contribution in [1.29, 1.82) is 0 Å². The highest BCUT2D eigenvalue weighted by molar-refractivity contribution is 5.72. The summed E-state index contributed by atoms with van der Waals surface area (Å²) in [5.74, 6) is -2.93. The van der Waals surface area contributed by atoms with E-state index in [-0.39, 0.29) is 5.56 Å². The Bertz CT molecular complexity index is 520. The maximum Gasteiger partial charge on any atom is 0.408 e. The van der Waals surface area contributed by atoms with Gasteiger partial charge in [0, 0.05) is 6.07 Å². The zero-order valence-electron chi connectivity index (χ0n) is 11.9. The van der Waals surface area contributed by atoms with Crippen molar-refractivity contribution in [2.75, 3.05) is 0 Å². The fourth-order valence-electron chi connectivity index (χ4n) is 1.65. The Morgan fingerprint density at radius 2 is 1.76 bits per heavy atom. The molecule has 1 aromatic rings. The summed E-state index contributed by atoms with van der Waals surface area (Å²) >= 11 is 0. The van der Waals surface area contributed by atoms with Gasteiger partial charge in [0.05, 0.1) is 12.5 Å². The van der Waals surface area contributed by atoms with E-state index in [9.17, 15) is 18.4 Å². The number of rotatable bonds is 4. The van der Waals surface area contributed by atoms with Gasteiger partial charge < -0.3 is 15.2 Å². The molecule has 0 aromatic heterocycles. The first-order chi connectivity index (χ1) is 9.56. The van der Waals surface area contributed by atoms with Crippen LogP contribution in [0.4, 0.5) is 13.6 Å². The second-order valence-electron chi connectivity index (χ2n) is 5.50. The molecule has 1 amide bonds. The van der Waals surface area contributed by atoms with Crippen LogP contribution in [0, 0.1) is 11.6 Å². The molecule has 0 saturated heterocycles. The van der Waals surface area contributed by atoms with Crippen molar-refractivity contribution in [2.24, 2.45) is 0 Å². The summed E-state index contributed by atoms with van der Waals surface area (Å²) in [6.45, 7) is 4.92. The van der Waals surface area contributed by atoms with Gasteiger partial charge in [-0.1, -0.05) is 0 Å². The molecule has 0 aliphatic carbocycles. The van der Waals surface area contributed by atoms with Crippen LogP contribution in [0.5, 0.6) is 0 Å². The summed E-state index contributed by atoms with van der Waals surface area (Å²) < 4.78 is 31.4. The molecule has 0 radical (unpaired) electrons. The van der Waals surface area contributed by atoms with Crippen LogP contribution in [0.3, 0.4) is 0 Å². The molecule has 0 bridgehead atoms. The maximum absolute atomic E-state index is 13.2. The standard InChI is InChI=1S/C14H17F2NO4/c1-14(2,3)21-13(20)17-11(7-12(18)19)8-4-9(15)6-10(16)5-8/h4-6,11H,7H2,1-3H3,(H,17,20)(H,18,19). The molecule has 5 nitrogen and oxygen atoms in total. The number of hydrogen-bond donors (Lipinski definition) is 2. The molecule has 1 unspecified atom stereocenters. The molecule has 0 heterocycles. The third kappa shape index (κ3) is 6.20. The summed E-state index contributed by atoms with van der Waals surface area (Å²) in [4.78, 5) is 22.5. The number of nitrogens with one attached hydrogen (secondary N) is 1. The lowest BCUT2D eigenvalue weighted by Gasteiger charge is -2.23. The average Bonchev–Trinajstić information content (AvgIpc) is 2.23. The van der Waals surface area contributed by atoms with Crippen molar-refractivity contribution in [3.05, 3.63) is 35.4 Å². The van der Waals surface area contributed by atoms with Crippen LogP contribution in [0.15, 0.2) is 18.2 Å². The van der Waals surface area contributed by atoms with Gasteiger partial charge in [-0.05, 0) is 38.5 Å². The SMILES string of the molecule is CC(C)(C)OC(=O)NC(CC(=O)O)c1cc(F)cc(F)c1. The maximum atomic E-state index is 13.2. The molecule has 0 aliphatic heterocycles. The zero-order valence-corrected chi connectivity index (χ0v) is 11.9. The second kappa shape index (κ2) is 6.51. The van der Waals surface area contributed by atoms with Crippen LogP contribution in [-0.2, 0) is 9.53 Å². The van der Waals surface area contributed by atoms with Crippen LogP contribution in [0.25, 0.3) is 0 Å². The van der Waals surface area contributed by atoms with Crippen molar-refractivity contribution in [2.45, 2.75) is 38.8 Å². The minimum Gasteiger partial charge on any atom is -0.481 e. The number of alkyl carbamates (subject to hydrolysis) is 1. The largest absolute Gasteiger partial charge is 0.481 e. The molecule has 7 heteroatoms. The van der Waals surface area contributed by atoms with Crippen LogP contribution >= 0.6 is 0 Å². The summed E-state index contributed by atoms with van der Waals surface area (Å²) in [6, 6.07) is 1.50.